The maximum absolute atomic E-state index is 6.47. The molecule has 1 spiro atoms. The highest BCUT2D eigenvalue weighted by molar-refractivity contribution is 6.09. The van der Waals surface area contributed by atoms with Crippen molar-refractivity contribution >= 4 is 44.1 Å². The fourth-order valence-corrected chi connectivity index (χ4v) is 8.84. The quantitative estimate of drug-likeness (QED) is 0.185. The first-order chi connectivity index (χ1) is 25.3. The Morgan fingerprint density at radius 2 is 0.882 bits per heavy atom. The lowest BCUT2D eigenvalue weighted by atomic mass is 9.70. The molecule has 0 amide bonds. The highest BCUT2D eigenvalue weighted by atomic mass is 16.3. The van der Waals surface area contributed by atoms with Gasteiger partial charge in [-0.15, -0.1) is 0 Å². The Labute approximate surface area is 290 Å². The SMILES string of the molecule is c1cnc2c(c1)C1(c3cc(-c4ccnc5c4oc4ccccc45)ccc3-c3ccc(-c4ccnc5c4oc4ccccc45)cc31)c1cccnc1-2. The van der Waals surface area contributed by atoms with E-state index < -0.39 is 5.41 Å². The Hall–Kier alpha value is -6.92. The topological polar surface area (TPSA) is 77.8 Å². The number of para-hydroxylation sites is 2. The predicted octanol–water partition coefficient (Wildman–Crippen LogP) is 10.7. The molecule has 6 nitrogen and oxygen atoms in total. The van der Waals surface area contributed by atoms with Crippen LogP contribution in [0.3, 0.4) is 0 Å². The molecule has 2 aliphatic rings. The molecule has 12 rings (SSSR count). The largest absolute Gasteiger partial charge is 0.454 e. The lowest BCUT2D eigenvalue weighted by Gasteiger charge is -2.30. The van der Waals surface area contributed by atoms with Crippen molar-refractivity contribution in [2.24, 2.45) is 0 Å². The van der Waals surface area contributed by atoms with Crippen molar-refractivity contribution in [3.05, 3.63) is 168 Å². The highest BCUT2D eigenvalue weighted by Crippen LogP contribution is 2.63. The molecular formula is C45H24N4O2. The van der Waals surface area contributed by atoms with E-state index in [2.05, 4.69) is 72.8 Å². The number of hydrogen-bond acceptors (Lipinski definition) is 6. The fraction of sp³-hybridized carbons (Fsp3) is 0.0222. The molecular weight excluding hydrogens is 629 g/mol. The van der Waals surface area contributed by atoms with Crippen LogP contribution in [0.4, 0.5) is 0 Å². The van der Waals surface area contributed by atoms with Crippen molar-refractivity contribution in [2.75, 3.05) is 0 Å². The van der Waals surface area contributed by atoms with Crippen LogP contribution in [0.15, 0.2) is 155 Å². The number of nitrogens with zero attached hydrogens (tertiary/aromatic N) is 4. The van der Waals surface area contributed by atoms with Gasteiger partial charge < -0.3 is 8.83 Å². The summed E-state index contributed by atoms with van der Waals surface area (Å²) >= 11 is 0. The van der Waals surface area contributed by atoms with Gasteiger partial charge in [-0.05, 0) is 105 Å². The molecule has 0 saturated heterocycles. The summed E-state index contributed by atoms with van der Waals surface area (Å²) in [6, 6.07) is 42.5. The molecule has 2 aliphatic carbocycles. The van der Waals surface area contributed by atoms with Gasteiger partial charge in [0.25, 0.3) is 0 Å². The van der Waals surface area contributed by atoms with Crippen molar-refractivity contribution in [3.8, 4) is 44.8 Å². The zero-order valence-electron chi connectivity index (χ0n) is 27.0. The fourth-order valence-electron chi connectivity index (χ4n) is 8.84. The van der Waals surface area contributed by atoms with Crippen LogP contribution >= 0.6 is 0 Å². The van der Waals surface area contributed by atoms with Crippen LogP contribution < -0.4 is 0 Å². The Balaban J connectivity index is 1.15. The van der Waals surface area contributed by atoms with Crippen molar-refractivity contribution in [2.45, 2.75) is 5.41 Å². The Bertz CT molecular complexity index is 2910. The first-order valence-electron chi connectivity index (χ1n) is 17.0. The molecule has 0 bridgehead atoms. The van der Waals surface area contributed by atoms with Crippen LogP contribution in [0.25, 0.3) is 88.9 Å². The normalized spacial score (nSPS) is 13.6. The molecule has 4 aromatic carbocycles. The standard InChI is InChI=1S/C45H24N4O2/c1-3-11-37-31(7-1)39-43(50-37)27(17-21-48-39)25-13-15-29-30-16-14-26(28-18-22-49-40-32-8-2-4-12-38(32)51-44(28)40)24-36(30)45(35(29)23-25)33-9-5-19-46-41(33)42-34(45)10-6-20-47-42/h1-24H. The molecule has 0 N–H and O–H groups in total. The Morgan fingerprint density at radius 3 is 1.39 bits per heavy atom. The predicted molar refractivity (Wildman–Crippen MR) is 199 cm³/mol. The molecule has 0 aliphatic heterocycles. The maximum Gasteiger partial charge on any atom is 0.161 e. The third-order valence-corrected chi connectivity index (χ3v) is 10.9. The zero-order chi connectivity index (χ0) is 33.3. The second-order valence-electron chi connectivity index (χ2n) is 13.3. The van der Waals surface area contributed by atoms with E-state index in [0.717, 1.165) is 88.9 Å². The average Bonchev–Trinajstić information content (AvgIpc) is 3.92. The molecule has 236 valence electrons. The first-order valence-corrected chi connectivity index (χ1v) is 17.0. The van der Waals surface area contributed by atoms with Gasteiger partial charge in [-0.2, -0.15) is 0 Å². The minimum atomic E-state index is -0.649. The van der Waals surface area contributed by atoms with Crippen LogP contribution in [0.1, 0.15) is 22.3 Å². The van der Waals surface area contributed by atoms with E-state index in [0.29, 0.717) is 0 Å². The second-order valence-corrected chi connectivity index (χ2v) is 13.3. The number of furan rings is 2. The van der Waals surface area contributed by atoms with Gasteiger partial charge >= 0.3 is 0 Å². The number of benzene rings is 4. The van der Waals surface area contributed by atoms with Crippen molar-refractivity contribution in [3.63, 3.8) is 0 Å². The summed E-state index contributed by atoms with van der Waals surface area (Å²) in [6.45, 7) is 0. The minimum Gasteiger partial charge on any atom is -0.454 e. The van der Waals surface area contributed by atoms with E-state index in [1.54, 1.807) is 0 Å². The van der Waals surface area contributed by atoms with Crippen LogP contribution in [0.2, 0.25) is 0 Å². The third-order valence-electron chi connectivity index (χ3n) is 10.9. The van der Waals surface area contributed by atoms with Crippen molar-refractivity contribution in [1.82, 2.24) is 19.9 Å². The van der Waals surface area contributed by atoms with E-state index in [4.69, 9.17) is 28.8 Å². The van der Waals surface area contributed by atoms with E-state index in [9.17, 15) is 0 Å². The molecule has 10 aromatic rings. The summed E-state index contributed by atoms with van der Waals surface area (Å²) in [6.07, 6.45) is 7.49. The van der Waals surface area contributed by atoms with E-state index in [-0.39, 0.29) is 0 Å². The van der Waals surface area contributed by atoms with Crippen molar-refractivity contribution < 1.29 is 8.83 Å². The Morgan fingerprint density at radius 1 is 0.392 bits per heavy atom. The van der Waals surface area contributed by atoms with Gasteiger partial charge in [0.1, 0.15) is 22.2 Å². The van der Waals surface area contributed by atoms with Gasteiger partial charge in [-0.3, -0.25) is 19.9 Å². The first kappa shape index (κ1) is 27.0. The number of pyridine rings is 4. The summed E-state index contributed by atoms with van der Waals surface area (Å²) in [5.74, 6) is 0. The molecule has 0 unspecified atom stereocenters. The van der Waals surface area contributed by atoms with E-state index in [1.165, 1.54) is 22.3 Å². The number of aromatic nitrogens is 4. The highest BCUT2D eigenvalue weighted by Gasteiger charge is 2.53. The molecule has 0 atom stereocenters. The van der Waals surface area contributed by atoms with Gasteiger partial charge in [0, 0.05) is 46.7 Å². The van der Waals surface area contributed by atoms with E-state index in [1.807, 2.05) is 73.3 Å². The lowest BCUT2D eigenvalue weighted by molar-refractivity contribution is 0.669. The van der Waals surface area contributed by atoms with Gasteiger partial charge in [0.05, 0.1) is 16.8 Å². The molecule has 0 fully saturated rings. The summed E-state index contributed by atoms with van der Waals surface area (Å²) in [7, 11) is 0. The number of rotatable bonds is 2. The maximum atomic E-state index is 6.47. The lowest BCUT2D eigenvalue weighted by Crippen LogP contribution is -2.26. The molecule has 6 aromatic heterocycles. The Kier molecular flexibility index (Phi) is 5.08. The van der Waals surface area contributed by atoms with Gasteiger partial charge in [-0.25, -0.2) is 0 Å². The minimum absolute atomic E-state index is 0.649. The summed E-state index contributed by atoms with van der Waals surface area (Å²) in [5, 5.41) is 2.02. The zero-order valence-corrected chi connectivity index (χ0v) is 27.0. The van der Waals surface area contributed by atoms with Crippen LogP contribution in [0.5, 0.6) is 0 Å². The molecule has 51 heavy (non-hydrogen) atoms. The summed E-state index contributed by atoms with van der Waals surface area (Å²) < 4.78 is 12.9. The van der Waals surface area contributed by atoms with Crippen LogP contribution in [0, 0.1) is 0 Å². The smallest absolute Gasteiger partial charge is 0.161 e. The third kappa shape index (κ3) is 3.36. The van der Waals surface area contributed by atoms with Crippen LogP contribution in [-0.2, 0) is 5.41 Å². The van der Waals surface area contributed by atoms with E-state index >= 15 is 0 Å². The summed E-state index contributed by atoms with van der Waals surface area (Å²) in [5.41, 5.74) is 17.3. The van der Waals surface area contributed by atoms with Crippen molar-refractivity contribution in [1.29, 1.82) is 0 Å². The van der Waals surface area contributed by atoms with Crippen LogP contribution in [-0.4, -0.2) is 19.9 Å². The average molecular weight is 653 g/mol. The monoisotopic (exact) mass is 652 g/mol. The summed E-state index contributed by atoms with van der Waals surface area (Å²) in [4.78, 5) is 19.4. The van der Waals surface area contributed by atoms with Gasteiger partial charge in [-0.1, -0.05) is 60.7 Å². The number of fused-ring (bicyclic) bond motifs is 16. The second kappa shape index (κ2) is 9.61. The molecule has 6 heterocycles. The molecule has 0 saturated carbocycles. The molecule has 0 radical (unpaired) electrons. The van der Waals surface area contributed by atoms with Gasteiger partial charge in [0.2, 0.25) is 0 Å². The number of hydrogen-bond donors (Lipinski definition) is 0. The van der Waals surface area contributed by atoms with Gasteiger partial charge in [0.15, 0.2) is 11.2 Å². The molecule has 6 heteroatoms.